The molecule has 0 spiro atoms. The second kappa shape index (κ2) is 7.00. The van der Waals surface area contributed by atoms with Gasteiger partial charge in [-0.2, -0.15) is 0 Å². The fourth-order valence-electron chi connectivity index (χ4n) is 3.06. The Bertz CT molecular complexity index is 812. The van der Waals surface area contributed by atoms with E-state index in [2.05, 4.69) is 34.3 Å². The molecule has 0 aliphatic carbocycles. The Morgan fingerprint density at radius 1 is 1.00 bits per heavy atom. The molecule has 0 bridgehead atoms. The van der Waals surface area contributed by atoms with Crippen molar-refractivity contribution in [2.24, 2.45) is 14.1 Å². The number of hydrogen-bond donors (Lipinski definition) is 0. The van der Waals surface area contributed by atoms with Gasteiger partial charge in [-0.3, -0.25) is 14.3 Å². The normalized spacial score (nSPS) is 16.2. The quantitative estimate of drug-likeness (QED) is 0.804. The van der Waals surface area contributed by atoms with Gasteiger partial charge in [0, 0.05) is 46.8 Å². The number of benzene rings is 1. The van der Waals surface area contributed by atoms with Crippen LogP contribution in [0.25, 0.3) is 0 Å². The fraction of sp³-hybridized carbons (Fsp3) is 0.471. The minimum Gasteiger partial charge on any atom is -0.349 e. The van der Waals surface area contributed by atoms with Gasteiger partial charge in [-0.15, -0.1) is 5.10 Å². The predicted octanol–water partition coefficient (Wildman–Crippen LogP) is 0.191. The minimum atomic E-state index is -0.399. The molecule has 3 rings (SSSR count). The number of nitrogens with zero attached hydrogens (tertiary/aromatic N) is 5. The molecule has 1 fully saturated rings. The predicted molar refractivity (Wildman–Crippen MR) is 93.3 cm³/mol. The van der Waals surface area contributed by atoms with E-state index in [0.717, 1.165) is 43.7 Å². The van der Waals surface area contributed by atoms with Crippen molar-refractivity contribution in [1.82, 2.24) is 19.2 Å². The summed E-state index contributed by atoms with van der Waals surface area (Å²) in [4.78, 5) is 28.5. The molecule has 24 heavy (non-hydrogen) atoms. The highest BCUT2D eigenvalue weighted by molar-refractivity contribution is 5.34. The molecule has 7 heteroatoms. The van der Waals surface area contributed by atoms with E-state index < -0.39 is 5.69 Å². The molecule has 0 amide bonds. The highest BCUT2D eigenvalue weighted by Crippen LogP contribution is 2.11. The highest BCUT2D eigenvalue weighted by atomic mass is 16.2. The first-order valence-corrected chi connectivity index (χ1v) is 8.22. The molecule has 0 radical (unpaired) electrons. The van der Waals surface area contributed by atoms with Crippen LogP contribution in [-0.4, -0.2) is 45.4 Å². The Morgan fingerprint density at radius 3 is 2.50 bits per heavy atom. The molecule has 2 aromatic rings. The van der Waals surface area contributed by atoms with Gasteiger partial charge in [0.05, 0.1) is 0 Å². The number of rotatable bonds is 3. The maximum Gasteiger partial charge on any atom is 0.346 e. The van der Waals surface area contributed by atoms with Gasteiger partial charge in [-0.1, -0.05) is 30.3 Å². The third-order valence-electron chi connectivity index (χ3n) is 4.44. The van der Waals surface area contributed by atoms with Crippen molar-refractivity contribution in [2.75, 3.05) is 31.1 Å². The summed E-state index contributed by atoms with van der Waals surface area (Å²) < 4.78 is 2.35. The maximum absolute atomic E-state index is 12.4. The van der Waals surface area contributed by atoms with Gasteiger partial charge >= 0.3 is 5.69 Å². The van der Waals surface area contributed by atoms with Crippen molar-refractivity contribution in [1.29, 1.82) is 0 Å². The lowest BCUT2D eigenvalue weighted by molar-refractivity contribution is 0.285. The first-order valence-electron chi connectivity index (χ1n) is 8.22. The van der Waals surface area contributed by atoms with Gasteiger partial charge in [0.1, 0.15) is 0 Å². The van der Waals surface area contributed by atoms with E-state index >= 15 is 0 Å². The molecule has 7 nitrogen and oxygen atoms in total. The average Bonchev–Trinajstić information content (AvgIpc) is 2.83. The van der Waals surface area contributed by atoms with Crippen molar-refractivity contribution in [2.45, 2.75) is 13.0 Å². The van der Waals surface area contributed by atoms with Crippen LogP contribution in [0.1, 0.15) is 12.0 Å². The Kier molecular flexibility index (Phi) is 4.80. The molecular formula is C17H23N5O2. The minimum absolute atomic E-state index is 0.324. The van der Waals surface area contributed by atoms with E-state index in [1.807, 2.05) is 11.0 Å². The molecule has 1 aliphatic rings. The third-order valence-corrected chi connectivity index (χ3v) is 4.44. The Labute approximate surface area is 140 Å². The molecule has 128 valence electrons. The van der Waals surface area contributed by atoms with Gasteiger partial charge in [0.15, 0.2) is 0 Å². The number of anilines is 1. The fourth-order valence-corrected chi connectivity index (χ4v) is 3.06. The monoisotopic (exact) mass is 329 g/mol. The largest absolute Gasteiger partial charge is 0.349 e. The van der Waals surface area contributed by atoms with E-state index in [4.69, 9.17) is 0 Å². The summed E-state index contributed by atoms with van der Waals surface area (Å²) in [5, 5.41) is 4.19. The van der Waals surface area contributed by atoms with Crippen LogP contribution in [0.4, 0.5) is 5.82 Å². The van der Waals surface area contributed by atoms with E-state index in [1.54, 1.807) is 7.05 Å². The van der Waals surface area contributed by atoms with Crippen LogP contribution in [0, 0.1) is 0 Å². The lowest BCUT2D eigenvalue weighted by atomic mass is 10.2. The van der Waals surface area contributed by atoms with E-state index in [-0.39, 0.29) is 5.56 Å². The van der Waals surface area contributed by atoms with Crippen LogP contribution in [-0.2, 0) is 20.6 Å². The van der Waals surface area contributed by atoms with Gasteiger partial charge in [-0.05, 0) is 12.0 Å². The zero-order valence-electron chi connectivity index (χ0n) is 14.2. The Hall–Kier alpha value is -2.41. The van der Waals surface area contributed by atoms with E-state index in [9.17, 15) is 9.59 Å². The molecule has 0 N–H and O–H groups in total. The number of hydrogen-bond acceptors (Lipinski definition) is 5. The molecule has 2 heterocycles. The average molecular weight is 329 g/mol. The summed E-state index contributed by atoms with van der Waals surface area (Å²) in [5.74, 6) is 0.362. The van der Waals surface area contributed by atoms with Crippen LogP contribution in [0.2, 0.25) is 0 Å². The molecule has 0 atom stereocenters. The van der Waals surface area contributed by atoms with Gasteiger partial charge < -0.3 is 4.90 Å². The van der Waals surface area contributed by atoms with Crippen molar-refractivity contribution < 1.29 is 0 Å². The summed E-state index contributed by atoms with van der Waals surface area (Å²) in [6.07, 6.45) is 0.959. The van der Waals surface area contributed by atoms with Crippen molar-refractivity contribution in [3.63, 3.8) is 0 Å². The van der Waals surface area contributed by atoms with Gasteiger partial charge in [0.2, 0.25) is 5.82 Å². The number of aryl methyl sites for hydroxylation is 1. The standard InChI is InChI=1S/C17H23N5O2/c1-19-16(23)15(18-20(2)17(19)24)22-10-6-9-21(11-12-22)13-14-7-4-3-5-8-14/h3-5,7-8H,6,9-13H2,1-2H3. The molecule has 0 unspecified atom stereocenters. The first kappa shape index (κ1) is 16.4. The van der Waals surface area contributed by atoms with E-state index in [1.165, 1.54) is 17.3 Å². The zero-order chi connectivity index (χ0) is 17.1. The first-order chi connectivity index (χ1) is 11.6. The molecule has 0 saturated carbocycles. The summed E-state index contributed by atoms with van der Waals surface area (Å²) in [6, 6.07) is 10.4. The van der Waals surface area contributed by atoms with Crippen molar-refractivity contribution in [3.8, 4) is 0 Å². The third kappa shape index (κ3) is 3.41. The topological polar surface area (TPSA) is 63.4 Å². The van der Waals surface area contributed by atoms with Gasteiger partial charge in [0.25, 0.3) is 5.56 Å². The zero-order valence-corrected chi connectivity index (χ0v) is 14.2. The lowest BCUT2D eigenvalue weighted by Gasteiger charge is -2.22. The SMILES string of the molecule is Cn1nc(N2CCCN(Cc3ccccc3)CC2)c(=O)n(C)c1=O. The van der Waals surface area contributed by atoms with Crippen LogP contribution in [0.15, 0.2) is 39.9 Å². The number of aromatic nitrogens is 3. The van der Waals surface area contributed by atoms with Crippen molar-refractivity contribution >= 4 is 5.82 Å². The molecular weight excluding hydrogens is 306 g/mol. The second-order valence-corrected chi connectivity index (χ2v) is 6.20. The van der Waals surface area contributed by atoms with Crippen LogP contribution in [0.5, 0.6) is 0 Å². The molecule has 1 aliphatic heterocycles. The van der Waals surface area contributed by atoms with Gasteiger partial charge in [-0.25, -0.2) is 9.48 Å². The maximum atomic E-state index is 12.4. The van der Waals surface area contributed by atoms with Crippen LogP contribution < -0.4 is 16.1 Å². The van der Waals surface area contributed by atoms with Crippen LogP contribution in [0.3, 0.4) is 0 Å². The summed E-state index contributed by atoms with van der Waals surface area (Å²) in [5.41, 5.74) is 0.570. The molecule has 1 aromatic carbocycles. The summed E-state index contributed by atoms with van der Waals surface area (Å²) >= 11 is 0. The lowest BCUT2D eigenvalue weighted by Crippen LogP contribution is -2.44. The Balaban J connectivity index is 1.74. The summed E-state index contributed by atoms with van der Waals surface area (Å²) in [6.45, 7) is 4.26. The Morgan fingerprint density at radius 2 is 1.75 bits per heavy atom. The smallest absolute Gasteiger partial charge is 0.346 e. The molecule has 1 saturated heterocycles. The van der Waals surface area contributed by atoms with Crippen LogP contribution >= 0.6 is 0 Å². The summed E-state index contributed by atoms with van der Waals surface area (Å²) in [7, 11) is 3.07. The highest BCUT2D eigenvalue weighted by Gasteiger charge is 2.20. The molecule has 1 aromatic heterocycles. The van der Waals surface area contributed by atoms with Crippen molar-refractivity contribution in [3.05, 3.63) is 56.7 Å². The second-order valence-electron chi connectivity index (χ2n) is 6.20. The van der Waals surface area contributed by atoms with E-state index in [0.29, 0.717) is 5.82 Å².